The number of fused-ring (bicyclic) bond motifs is 1. The lowest BCUT2D eigenvalue weighted by Crippen LogP contribution is -2.43. The number of thiophene rings is 1. The highest BCUT2D eigenvalue weighted by Gasteiger charge is 2.26. The third-order valence-electron chi connectivity index (χ3n) is 7.74. The topological polar surface area (TPSA) is 171 Å². The van der Waals surface area contributed by atoms with E-state index >= 15 is 0 Å². The van der Waals surface area contributed by atoms with Gasteiger partial charge in [-0.3, -0.25) is 14.4 Å². The Bertz CT molecular complexity index is 1510. The van der Waals surface area contributed by atoms with E-state index in [-0.39, 0.29) is 30.1 Å². The first-order valence-corrected chi connectivity index (χ1v) is 17.4. The van der Waals surface area contributed by atoms with Crippen LogP contribution in [0, 0.1) is 5.92 Å². The van der Waals surface area contributed by atoms with E-state index in [4.69, 9.17) is 10.5 Å². The van der Waals surface area contributed by atoms with Crippen molar-refractivity contribution < 1.29 is 23.9 Å². The zero-order valence-corrected chi connectivity index (χ0v) is 29.4. The molecule has 2 aromatic rings. The van der Waals surface area contributed by atoms with Gasteiger partial charge in [-0.2, -0.15) is 0 Å². The van der Waals surface area contributed by atoms with Crippen molar-refractivity contribution >= 4 is 64.3 Å². The van der Waals surface area contributed by atoms with Gasteiger partial charge in [0, 0.05) is 57.2 Å². The van der Waals surface area contributed by atoms with Gasteiger partial charge in [-0.05, 0) is 70.7 Å². The number of amides is 4. The van der Waals surface area contributed by atoms with Crippen molar-refractivity contribution in [2.75, 3.05) is 49.5 Å². The Kier molecular flexibility index (Phi) is 12.6. The number of rotatable bonds is 12. The van der Waals surface area contributed by atoms with Crippen molar-refractivity contribution in [1.82, 2.24) is 20.5 Å². The number of pyridine rings is 1. The summed E-state index contributed by atoms with van der Waals surface area (Å²) in [6, 6.07) is 5.35. The van der Waals surface area contributed by atoms with Crippen LogP contribution in [0.15, 0.2) is 35.0 Å². The summed E-state index contributed by atoms with van der Waals surface area (Å²) in [6.45, 7) is 12.8. The minimum absolute atomic E-state index is 0.0285. The van der Waals surface area contributed by atoms with Crippen LogP contribution in [0.2, 0.25) is 0 Å². The Morgan fingerprint density at radius 1 is 1.06 bits per heavy atom. The molecule has 0 unspecified atom stereocenters. The van der Waals surface area contributed by atoms with Crippen LogP contribution < -0.4 is 26.6 Å². The Hall–Kier alpha value is -4.46. The molecule has 0 spiro atoms. The largest absolute Gasteiger partial charge is 0.444 e. The minimum Gasteiger partial charge on any atom is -0.444 e. The van der Waals surface area contributed by atoms with Crippen molar-refractivity contribution in [3.63, 3.8) is 0 Å². The second kappa shape index (κ2) is 16.6. The normalized spacial score (nSPS) is 15.0. The van der Waals surface area contributed by atoms with E-state index in [0.717, 1.165) is 23.5 Å². The number of carbonyl (C=O) groups is 4. The molecule has 14 heteroatoms. The second-order valence-electron chi connectivity index (χ2n) is 12.9. The molecular weight excluding hydrogens is 632 g/mol. The fraction of sp³-hybridized carbons (Fsp3) is 0.529. The molecule has 48 heavy (non-hydrogen) atoms. The molecule has 5 N–H and O–H groups in total. The van der Waals surface area contributed by atoms with Gasteiger partial charge in [-0.25, -0.2) is 14.8 Å². The van der Waals surface area contributed by atoms with Crippen molar-refractivity contribution in [3.05, 3.63) is 39.7 Å². The van der Waals surface area contributed by atoms with Gasteiger partial charge in [0.05, 0.1) is 27.3 Å². The Morgan fingerprint density at radius 3 is 2.38 bits per heavy atom. The summed E-state index contributed by atoms with van der Waals surface area (Å²) >= 11 is 1.27. The third kappa shape index (κ3) is 10.3. The molecule has 0 aromatic carbocycles. The number of hydrogen-bond donors (Lipinski definition) is 4. The van der Waals surface area contributed by atoms with Crippen LogP contribution in [0.5, 0.6) is 0 Å². The number of alkyl carbamates (subject to hydrolysis) is 1. The number of amidine groups is 1. The van der Waals surface area contributed by atoms with E-state index in [0.29, 0.717) is 79.8 Å². The summed E-state index contributed by atoms with van der Waals surface area (Å²) in [6.07, 6.45) is 6.28. The maximum atomic E-state index is 13.3. The Balaban J connectivity index is 1.28. The number of piperidine rings is 1. The lowest BCUT2D eigenvalue weighted by atomic mass is 9.96. The number of nitrogens with one attached hydrogen (secondary N) is 3. The number of aliphatic imine (C=N–C) groups is 1. The molecule has 2 aliphatic heterocycles. The quantitative estimate of drug-likeness (QED) is 0.234. The fourth-order valence-corrected chi connectivity index (χ4v) is 6.47. The summed E-state index contributed by atoms with van der Waals surface area (Å²) in [5.74, 6) is 0.611. The Labute approximate surface area is 286 Å². The first kappa shape index (κ1) is 36.4. The average molecular weight is 681 g/mol. The lowest BCUT2D eigenvalue weighted by molar-refractivity contribution is -0.127. The van der Waals surface area contributed by atoms with Gasteiger partial charge in [-0.15, -0.1) is 11.3 Å². The molecule has 1 fully saturated rings. The molecule has 0 saturated carbocycles. The van der Waals surface area contributed by atoms with E-state index in [1.807, 2.05) is 30.9 Å². The molecule has 4 amide bonds. The number of aromatic nitrogens is 1. The van der Waals surface area contributed by atoms with Gasteiger partial charge >= 0.3 is 6.09 Å². The molecule has 2 aliphatic rings. The van der Waals surface area contributed by atoms with Crippen LogP contribution in [-0.2, 0) is 14.3 Å². The summed E-state index contributed by atoms with van der Waals surface area (Å²) in [5, 5.41) is 8.43. The van der Waals surface area contributed by atoms with E-state index in [1.54, 1.807) is 39.1 Å². The van der Waals surface area contributed by atoms with Crippen molar-refractivity contribution in [1.29, 1.82) is 0 Å². The van der Waals surface area contributed by atoms with Crippen LogP contribution in [-0.4, -0.2) is 84.4 Å². The van der Waals surface area contributed by atoms with Gasteiger partial charge in [-0.1, -0.05) is 13.8 Å². The maximum absolute atomic E-state index is 13.3. The first-order valence-electron chi connectivity index (χ1n) is 16.6. The molecule has 4 rings (SSSR count). The molecule has 1 saturated heterocycles. The predicted octanol–water partition coefficient (Wildman–Crippen LogP) is 4.68. The van der Waals surface area contributed by atoms with E-state index in [9.17, 15) is 19.2 Å². The van der Waals surface area contributed by atoms with Crippen molar-refractivity contribution in [2.24, 2.45) is 16.6 Å². The second-order valence-corrected chi connectivity index (χ2v) is 14.0. The number of anilines is 2. The SMILES string of the molecule is CCCN(CCC)C(=O)C1=Cc2sc(C(=O)Nc3ccc(N4CCC(C(=O)NCCNC(=O)OC(C)(C)C)CC4)nc3)cc2N=C(N)C1. The maximum Gasteiger partial charge on any atom is 0.407 e. The lowest BCUT2D eigenvalue weighted by Gasteiger charge is -2.32. The standard InChI is InChI=1S/C34H48N8O5S/c1-6-14-42(15-7-2)32(45)23-18-26-25(40-28(35)19-23)20-27(48-26)31(44)39-24-8-9-29(38-21-24)41-16-10-22(11-17-41)30(43)36-12-13-37-33(46)47-34(3,4)5/h8-9,18,20-22H,6-7,10-17,19H2,1-5H3,(H2,35,40)(H,36,43)(H,37,46)(H,39,44). The number of hydrogen-bond acceptors (Lipinski definition) is 10. The summed E-state index contributed by atoms with van der Waals surface area (Å²) < 4.78 is 5.20. The number of nitrogens with zero attached hydrogens (tertiary/aromatic N) is 4. The monoisotopic (exact) mass is 680 g/mol. The molecule has 0 atom stereocenters. The van der Waals surface area contributed by atoms with Crippen LogP contribution in [0.4, 0.5) is 22.0 Å². The van der Waals surface area contributed by atoms with Gasteiger partial charge in [0.1, 0.15) is 17.3 Å². The Morgan fingerprint density at radius 2 is 1.75 bits per heavy atom. The fourth-order valence-electron chi connectivity index (χ4n) is 5.51. The highest BCUT2D eigenvalue weighted by molar-refractivity contribution is 7.15. The van der Waals surface area contributed by atoms with Crippen molar-refractivity contribution in [3.8, 4) is 0 Å². The van der Waals surface area contributed by atoms with E-state index < -0.39 is 11.7 Å². The molecular formula is C34H48N8O5S. The van der Waals surface area contributed by atoms with E-state index in [1.165, 1.54) is 11.3 Å². The van der Waals surface area contributed by atoms with Crippen molar-refractivity contribution in [2.45, 2.75) is 72.3 Å². The average Bonchev–Trinajstić information content (AvgIpc) is 3.36. The number of ether oxygens (including phenoxy) is 1. The molecule has 260 valence electrons. The van der Waals surface area contributed by atoms with Crippen LogP contribution >= 0.6 is 11.3 Å². The van der Waals surface area contributed by atoms with Crippen LogP contribution in [0.25, 0.3) is 6.08 Å². The summed E-state index contributed by atoms with van der Waals surface area (Å²) in [7, 11) is 0. The first-order chi connectivity index (χ1) is 22.9. The van der Waals surface area contributed by atoms with Gasteiger partial charge in [0.2, 0.25) is 11.8 Å². The molecule has 2 aromatic heterocycles. The third-order valence-corrected chi connectivity index (χ3v) is 8.81. The molecule has 0 bridgehead atoms. The van der Waals surface area contributed by atoms with Gasteiger partial charge in [0.25, 0.3) is 5.91 Å². The number of nitrogens with two attached hydrogens (primary N) is 1. The molecule has 13 nitrogen and oxygen atoms in total. The summed E-state index contributed by atoms with van der Waals surface area (Å²) in [5.41, 5.74) is 7.30. The van der Waals surface area contributed by atoms with Crippen LogP contribution in [0.3, 0.4) is 0 Å². The minimum atomic E-state index is -0.572. The molecule has 0 aliphatic carbocycles. The zero-order valence-electron chi connectivity index (χ0n) is 28.6. The zero-order chi connectivity index (χ0) is 34.8. The van der Waals surface area contributed by atoms with E-state index in [2.05, 4.69) is 30.8 Å². The predicted molar refractivity (Wildman–Crippen MR) is 190 cm³/mol. The van der Waals surface area contributed by atoms with Gasteiger partial charge in [0.15, 0.2) is 0 Å². The molecule has 4 heterocycles. The van der Waals surface area contributed by atoms with Gasteiger partial charge < -0.3 is 36.2 Å². The number of carbonyl (C=O) groups excluding carboxylic acids is 4. The molecule has 0 radical (unpaired) electrons. The van der Waals surface area contributed by atoms with Crippen LogP contribution in [0.1, 0.15) is 81.3 Å². The smallest absolute Gasteiger partial charge is 0.407 e. The highest BCUT2D eigenvalue weighted by Crippen LogP contribution is 2.35. The highest BCUT2D eigenvalue weighted by atomic mass is 32.1. The summed E-state index contributed by atoms with van der Waals surface area (Å²) in [4.78, 5) is 65.0.